The molecule has 0 aliphatic heterocycles. The number of amides is 1. The van der Waals surface area contributed by atoms with Crippen LogP contribution in [-0.4, -0.2) is 18.1 Å². The Morgan fingerprint density at radius 3 is 2.74 bits per heavy atom. The third-order valence-corrected chi connectivity index (χ3v) is 4.12. The van der Waals surface area contributed by atoms with E-state index in [1.807, 2.05) is 0 Å². The zero-order valence-electron chi connectivity index (χ0n) is 14.7. The van der Waals surface area contributed by atoms with Crippen molar-refractivity contribution in [2.75, 3.05) is 7.11 Å². The number of nitrogens with one attached hydrogen (secondary N) is 1. The van der Waals surface area contributed by atoms with E-state index in [-0.39, 0.29) is 11.7 Å². The molecule has 0 aliphatic carbocycles. The maximum atomic E-state index is 11.8. The highest BCUT2D eigenvalue weighted by molar-refractivity contribution is 5.75. The molecule has 1 aromatic rings. The molecule has 130 valence electrons. The number of aromatic hydroxyl groups is 1. The average molecular weight is 321 g/mol. The van der Waals surface area contributed by atoms with Gasteiger partial charge < -0.3 is 15.2 Å². The number of hydrogen-bond donors (Lipinski definition) is 2. The first-order valence-corrected chi connectivity index (χ1v) is 8.69. The van der Waals surface area contributed by atoms with Crippen molar-refractivity contribution in [3.8, 4) is 11.5 Å². The molecule has 1 rings (SSSR count). The number of unbranched alkanes of at least 4 members (excludes halogenated alkanes) is 2. The van der Waals surface area contributed by atoms with Crippen molar-refractivity contribution in [2.24, 2.45) is 5.92 Å². The number of carbonyl (C=O) groups is 1. The van der Waals surface area contributed by atoms with Gasteiger partial charge in [0.1, 0.15) is 0 Å². The first-order valence-electron chi connectivity index (χ1n) is 8.69. The quantitative estimate of drug-likeness (QED) is 0.594. The van der Waals surface area contributed by atoms with E-state index in [1.54, 1.807) is 18.2 Å². The molecule has 23 heavy (non-hydrogen) atoms. The molecule has 0 radical (unpaired) electrons. The van der Waals surface area contributed by atoms with Gasteiger partial charge >= 0.3 is 0 Å². The van der Waals surface area contributed by atoms with Gasteiger partial charge in [0.25, 0.3) is 0 Å². The fourth-order valence-corrected chi connectivity index (χ4v) is 2.71. The van der Waals surface area contributed by atoms with Gasteiger partial charge in [-0.2, -0.15) is 0 Å². The van der Waals surface area contributed by atoms with Crippen molar-refractivity contribution >= 4 is 5.91 Å². The largest absolute Gasteiger partial charge is 0.504 e. The summed E-state index contributed by atoms with van der Waals surface area (Å²) in [5, 5.41) is 12.5. The van der Waals surface area contributed by atoms with Crippen LogP contribution >= 0.6 is 0 Å². The second-order valence-electron chi connectivity index (χ2n) is 6.28. The molecule has 0 aliphatic rings. The summed E-state index contributed by atoms with van der Waals surface area (Å²) < 4.78 is 5.06. The lowest BCUT2D eigenvalue weighted by molar-refractivity contribution is -0.121. The average Bonchev–Trinajstić information content (AvgIpc) is 2.54. The van der Waals surface area contributed by atoms with Gasteiger partial charge in [-0.05, 0) is 30.0 Å². The molecule has 1 atom stereocenters. The second-order valence-corrected chi connectivity index (χ2v) is 6.28. The number of phenols is 1. The molecule has 1 unspecified atom stereocenters. The van der Waals surface area contributed by atoms with Crippen LogP contribution in [0.25, 0.3) is 0 Å². The summed E-state index contributed by atoms with van der Waals surface area (Å²) in [7, 11) is 1.51. The van der Waals surface area contributed by atoms with E-state index in [9.17, 15) is 9.90 Å². The highest BCUT2D eigenvalue weighted by Crippen LogP contribution is 2.26. The lowest BCUT2D eigenvalue weighted by Crippen LogP contribution is -2.22. The van der Waals surface area contributed by atoms with Crippen molar-refractivity contribution < 1.29 is 14.6 Å². The van der Waals surface area contributed by atoms with E-state index in [0.29, 0.717) is 18.7 Å². The van der Waals surface area contributed by atoms with Gasteiger partial charge in [-0.15, -0.1) is 0 Å². The van der Waals surface area contributed by atoms with E-state index in [0.717, 1.165) is 24.3 Å². The van der Waals surface area contributed by atoms with E-state index >= 15 is 0 Å². The van der Waals surface area contributed by atoms with Gasteiger partial charge in [-0.1, -0.05) is 52.0 Å². The van der Waals surface area contributed by atoms with Crippen molar-refractivity contribution in [3.05, 3.63) is 23.8 Å². The molecule has 4 heteroatoms. The fraction of sp³-hybridized carbons (Fsp3) is 0.632. The lowest BCUT2D eigenvalue weighted by Gasteiger charge is -2.10. The summed E-state index contributed by atoms with van der Waals surface area (Å²) in [5.41, 5.74) is 0.918. The molecule has 1 aromatic carbocycles. The second kappa shape index (κ2) is 10.9. The predicted molar refractivity (Wildman–Crippen MR) is 93.7 cm³/mol. The summed E-state index contributed by atoms with van der Waals surface area (Å²) in [5.74, 6) is 1.43. The first kappa shape index (κ1) is 19.3. The van der Waals surface area contributed by atoms with Crippen LogP contribution in [0.1, 0.15) is 64.4 Å². The SMILES string of the molecule is CCCC(C)CCCCCC(=O)NCc1ccc(O)c(OC)c1. The Kier molecular flexibility index (Phi) is 9.18. The predicted octanol–water partition coefficient (Wildman–Crippen LogP) is 4.40. The smallest absolute Gasteiger partial charge is 0.220 e. The van der Waals surface area contributed by atoms with E-state index in [2.05, 4.69) is 19.2 Å². The van der Waals surface area contributed by atoms with Crippen LogP contribution in [0.15, 0.2) is 18.2 Å². The Labute approximate surface area is 140 Å². The molecule has 0 aromatic heterocycles. The van der Waals surface area contributed by atoms with Gasteiger partial charge in [0, 0.05) is 13.0 Å². The van der Waals surface area contributed by atoms with Crippen LogP contribution in [0, 0.1) is 5.92 Å². The Bertz CT molecular complexity index is 474. The minimum Gasteiger partial charge on any atom is -0.504 e. The fourth-order valence-electron chi connectivity index (χ4n) is 2.71. The standard InChI is InChI=1S/C19H31NO3/c1-4-8-15(2)9-6-5-7-10-19(22)20-14-16-11-12-17(21)18(13-16)23-3/h11-13,15,21H,4-10,14H2,1-3H3,(H,20,22). The minimum atomic E-state index is 0.0821. The molecule has 0 saturated carbocycles. The Hall–Kier alpha value is -1.71. The molecule has 0 saturated heterocycles. The van der Waals surface area contributed by atoms with Crippen molar-refractivity contribution in [2.45, 2.75) is 65.3 Å². The van der Waals surface area contributed by atoms with E-state index in [1.165, 1.54) is 32.8 Å². The van der Waals surface area contributed by atoms with Gasteiger partial charge in [0.15, 0.2) is 11.5 Å². The maximum Gasteiger partial charge on any atom is 0.220 e. The Morgan fingerprint density at radius 2 is 2.04 bits per heavy atom. The first-order chi connectivity index (χ1) is 11.1. The normalized spacial score (nSPS) is 12.0. The minimum absolute atomic E-state index is 0.0821. The monoisotopic (exact) mass is 321 g/mol. The number of rotatable bonds is 11. The molecule has 0 heterocycles. The lowest BCUT2D eigenvalue weighted by atomic mass is 9.98. The summed E-state index contributed by atoms with van der Waals surface area (Å²) in [6.07, 6.45) is 7.68. The van der Waals surface area contributed by atoms with E-state index in [4.69, 9.17) is 4.74 Å². The molecule has 1 amide bonds. The van der Waals surface area contributed by atoms with Crippen molar-refractivity contribution in [1.29, 1.82) is 0 Å². The van der Waals surface area contributed by atoms with Crippen LogP contribution in [0.5, 0.6) is 11.5 Å². The highest BCUT2D eigenvalue weighted by atomic mass is 16.5. The number of phenolic OH excluding ortho intramolecular Hbond substituents is 1. The third-order valence-electron chi connectivity index (χ3n) is 4.12. The summed E-state index contributed by atoms with van der Waals surface area (Å²) in [6.45, 7) is 5.00. The number of hydrogen-bond acceptors (Lipinski definition) is 3. The number of ether oxygens (including phenoxy) is 1. The summed E-state index contributed by atoms with van der Waals surface area (Å²) >= 11 is 0. The van der Waals surface area contributed by atoms with Crippen LogP contribution in [0.3, 0.4) is 0 Å². The highest BCUT2D eigenvalue weighted by Gasteiger charge is 2.05. The molecule has 0 bridgehead atoms. The third kappa shape index (κ3) is 7.91. The molecule has 0 spiro atoms. The zero-order chi connectivity index (χ0) is 17.1. The van der Waals surface area contributed by atoms with Crippen molar-refractivity contribution in [1.82, 2.24) is 5.32 Å². The van der Waals surface area contributed by atoms with Gasteiger partial charge in [-0.3, -0.25) is 4.79 Å². The zero-order valence-corrected chi connectivity index (χ0v) is 14.7. The van der Waals surface area contributed by atoms with E-state index < -0.39 is 0 Å². The topological polar surface area (TPSA) is 58.6 Å². The number of methoxy groups -OCH3 is 1. The van der Waals surface area contributed by atoms with Crippen LogP contribution in [0.2, 0.25) is 0 Å². The molecule has 2 N–H and O–H groups in total. The summed E-state index contributed by atoms with van der Waals surface area (Å²) in [4.78, 5) is 11.8. The van der Waals surface area contributed by atoms with Crippen LogP contribution in [0.4, 0.5) is 0 Å². The van der Waals surface area contributed by atoms with Gasteiger partial charge in [0.05, 0.1) is 7.11 Å². The van der Waals surface area contributed by atoms with Gasteiger partial charge in [-0.25, -0.2) is 0 Å². The van der Waals surface area contributed by atoms with Crippen LogP contribution in [-0.2, 0) is 11.3 Å². The molecule has 4 nitrogen and oxygen atoms in total. The maximum absolute atomic E-state index is 11.8. The van der Waals surface area contributed by atoms with Gasteiger partial charge in [0.2, 0.25) is 5.91 Å². The number of carbonyl (C=O) groups excluding carboxylic acids is 1. The van der Waals surface area contributed by atoms with Crippen LogP contribution < -0.4 is 10.1 Å². The Balaban J connectivity index is 2.17. The number of benzene rings is 1. The molecular weight excluding hydrogens is 290 g/mol. The molecule has 0 fully saturated rings. The Morgan fingerprint density at radius 1 is 1.26 bits per heavy atom. The van der Waals surface area contributed by atoms with Crippen molar-refractivity contribution in [3.63, 3.8) is 0 Å². The summed E-state index contributed by atoms with van der Waals surface area (Å²) in [6, 6.07) is 5.11. The molecular formula is C19H31NO3.